The van der Waals surface area contributed by atoms with E-state index in [0.29, 0.717) is 17.2 Å². The van der Waals surface area contributed by atoms with Crippen LogP contribution in [-0.2, 0) is 10.8 Å². The quantitative estimate of drug-likeness (QED) is 0.774. The maximum absolute atomic E-state index is 11.7. The summed E-state index contributed by atoms with van der Waals surface area (Å²) < 4.78 is 18.1. The summed E-state index contributed by atoms with van der Waals surface area (Å²) in [4.78, 5) is 25.6. The van der Waals surface area contributed by atoms with Crippen molar-refractivity contribution in [1.82, 2.24) is 14.8 Å². The molecule has 0 aliphatic heterocycles. The smallest absolute Gasteiger partial charge is 0.349 e. The van der Waals surface area contributed by atoms with Gasteiger partial charge in [0.25, 0.3) is 5.56 Å². The molecule has 1 atom stereocenters. The second-order valence-electron chi connectivity index (χ2n) is 4.87. The molecule has 24 heavy (non-hydrogen) atoms. The van der Waals surface area contributed by atoms with Gasteiger partial charge in [-0.15, -0.1) is 0 Å². The maximum atomic E-state index is 11.7. The number of aromatic amines is 1. The molecule has 8 heteroatoms. The first-order valence-corrected chi connectivity index (χ1v) is 8.49. The van der Waals surface area contributed by atoms with Gasteiger partial charge < -0.3 is 4.74 Å². The molecule has 0 aliphatic rings. The van der Waals surface area contributed by atoms with Gasteiger partial charge in [0.05, 0.1) is 5.69 Å². The van der Waals surface area contributed by atoms with E-state index in [1.807, 2.05) is 0 Å². The lowest BCUT2D eigenvalue weighted by molar-refractivity contribution is 0.482. The molecule has 1 N–H and O–H groups in total. The Labute approximate surface area is 139 Å². The average molecular weight is 343 g/mol. The van der Waals surface area contributed by atoms with Gasteiger partial charge in [0.2, 0.25) is 0 Å². The third-order valence-corrected chi connectivity index (χ3v) is 4.12. The molecule has 1 unspecified atom stereocenters. The van der Waals surface area contributed by atoms with Gasteiger partial charge in [0.1, 0.15) is 17.7 Å². The van der Waals surface area contributed by atoms with Crippen LogP contribution in [0.5, 0.6) is 11.5 Å². The van der Waals surface area contributed by atoms with Crippen LogP contribution in [0.2, 0.25) is 0 Å². The molecule has 0 saturated heterocycles. The van der Waals surface area contributed by atoms with Gasteiger partial charge >= 0.3 is 5.69 Å². The van der Waals surface area contributed by atoms with Gasteiger partial charge in [0.15, 0.2) is 0 Å². The molecule has 0 bridgehead atoms. The fourth-order valence-electron chi connectivity index (χ4n) is 2.03. The van der Waals surface area contributed by atoms with E-state index in [9.17, 15) is 13.8 Å². The van der Waals surface area contributed by atoms with Gasteiger partial charge in [-0.2, -0.15) is 9.78 Å². The lowest BCUT2D eigenvalue weighted by Crippen LogP contribution is -2.30. The Balaban J connectivity index is 1.80. The molecule has 0 fully saturated rings. The van der Waals surface area contributed by atoms with Gasteiger partial charge in [-0.25, -0.2) is 4.79 Å². The summed E-state index contributed by atoms with van der Waals surface area (Å²) in [5.74, 6) is 1.18. The van der Waals surface area contributed by atoms with Crippen LogP contribution in [0, 0.1) is 0 Å². The molecule has 1 aromatic heterocycles. The summed E-state index contributed by atoms with van der Waals surface area (Å²) in [6, 6.07) is 13.6. The predicted molar refractivity (Wildman–Crippen MR) is 89.3 cm³/mol. The molecule has 3 rings (SSSR count). The summed E-state index contributed by atoms with van der Waals surface area (Å²) in [5, 5.41) is 3.78. The highest BCUT2D eigenvalue weighted by Gasteiger charge is 2.04. The topological polar surface area (TPSA) is 94.1 Å². The molecule has 2 aromatic carbocycles. The molecule has 0 aliphatic carbocycles. The number of nitrogens with one attached hydrogen (secondary N) is 1. The first kappa shape index (κ1) is 15.9. The van der Waals surface area contributed by atoms with E-state index in [4.69, 9.17) is 4.74 Å². The molecule has 122 valence electrons. The fraction of sp³-hybridized carbons (Fsp3) is 0.0625. The summed E-state index contributed by atoms with van der Waals surface area (Å²) in [6.45, 7) is 0. The minimum absolute atomic E-state index is 0.500. The number of hydrogen-bond acceptors (Lipinski definition) is 5. The van der Waals surface area contributed by atoms with Crippen LogP contribution < -0.4 is 16.0 Å². The Morgan fingerprint density at radius 3 is 2.12 bits per heavy atom. The van der Waals surface area contributed by atoms with Crippen molar-refractivity contribution in [3.8, 4) is 17.2 Å². The Kier molecular flexibility index (Phi) is 4.39. The summed E-state index contributed by atoms with van der Waals surface area (Å²) >= 11 is 0. The van der Waals surface area contributed by atoms with E-state index in [0.717, 1.165) is 15.8 Å². The molecule has 0 radical (unpaired) electrons. The number of H-pyrrole nitrogens is 1. The van der Waals surface area contributed by atoms with Crippen molar-refractivity contribution in [3.63, 3.8) is 0 Å². The Bertz CT molecular complexity index is 991. The predicted octanol–water partition coefficient (Wildman–Crippen LogP) is 1.45. The van der Waals surface area contributed by atoms with Crippen LogP contribution in [0.1, 0.15) is 0 Å². The lowest BCUT2D eigenvalue weighted by Gasteiger charge is -2.08. The van der Waals surface area contributed by atoms with E-state index in [-0.39, 0.29) is 0 Å². The first-order chi connectivity index (χ1) is 11.5. The van der Waals surface area contributed by atoms with E-state index in [2.05, 4.69) is 10.1 Å². The Hall–Kier alpha value is -3.00. The molecule has 0 saturated carbocycles. The van der Waals surface area contributed by atoms with Gasteiger partial charge in [-0.05, 0) is 48.5 Å². The summed E-state index contributed by atoms with van der Waals surface area (Å²) in [7, 11) is -1.03. The second-order valence-corrected chi connectivity index (χ2v) is 6.25. The SMILES string of the molecule is CS(=O)c1ccc(Oc2ccc(-n3ncc(=O)[nH]c3=O)cc2)cc1. The maximum Gasteiger partial charge on any atom is 0.349 e. The van der Waals surface area contributed by atoms with Gasteiger partial charge in [-0.1, -0.05) is 0 Å². The number of ether oxygens (including phenoxy) is 1. The molecule has 0 spiro atoms. The zero-order chi connectivity index (χ0) is 17.1. The van der Waals surface area contributed by atoms with E-state index in [1.165, 1.54) is 0 Å². The van der Waals surface area contributed by atoms with E-state index >= 15 is 0 Å². The Morgan fingerprint density at radius 2 is 1.58 bits per heavy atom. The largest absolute Gasteiger partial charge is 0.457 e. The van der Waals surface area contributed by atoms with Crippen LogP contribution in [0.15, 0.2) is 69.2 Å². The van der Waals surface area contributed by atoms with Crippen LogP contribution >= 0.6 is 0 Å². The first-order valence-electron chi connectivity index (χ1n) is 6.93. The van der Waals surface area contributed by atoms with E-state index < -0.39 is 22.0 Å². The number of nitrogens with zero attached hydrogens (tertiary/aromatic N) is 2. The van der Waals surface area contributed by atoms with Crippen molar-refractivity contribution >= 4 is 10.8 Å². The highest BCUT2D eigenvalue weighted by atomic mass is 32.2. The van der Waals surface area contributed by atoms with Crippen molar-refractivity contribution < 1.29 is 8.95 Å². The van der Waals surface area contributed by atoms with Gasteiger partial charge in [0, 0.05) is 22.0 Å². The highest BCUT2D eigenvalue weighted by molar-refractivity contribution is 7.84. The zero-order valence-corrected chi connectivity index (χ0v) is 13.4. The standard InChI is InChI=1S/C16H13N3O4S/c1-24(22)14-8-6-13(7-9-14)23-12-4-2-11(3-5-12)19-16(21)18-15(20)10-17-19/h2-10H,1H3,(H,18,20,21). The lowest BCUT2D eigenvalue weighted by atomic mass is 10.3. The molecular weight excluding hydrogens is 330 g/mol. The molecule has 1 heterocycles. The number of benzene rings is 2. The van der Waals surface area contributed by atoms with Gasteiger partial charge in [-0.3, -0.25) is 14.0 Å². The van der Waals surface area contributed by atoms with Crippen molar-refractivity contribution in [3.05, 3.63) is 75.6 Å². The fourth-order valence-corrected chi connectivity index (χ4v) is 2.55. The number of aromatic nitrogens is 3. The van der Waals surface area contributed by atoms with Crippen LogP contribution in [0.3, 0.4) is 0 Å². The molecule has 0 amide bonds. The third kappa shape index (κ3) is 3.49. The number of hydrogen-bond donors (Lipinski definition) is 1. The molecule has 7 nitrogen and oxygen atoms in total. The van der Waals surface area contributed by atoms with Crippen LogP contribution in [-0.4, -0.2) is 25.2 Å². The number of rotatable bonds is 4. The minimum atomic E-state index is -1.03. The van der Waals surface area contributed by atoms with Crippen molar-refractivity contribution in [2.45, 2.75) is 4.90 Å². The Morgan fingerprint density at radius 1 is 1.00 bits per heavy atom. The van der Waals surface area contributed by atoms with Crippen molar-refractivity contribution in [2.24, 2.45) is 0 Å². The highest BCUT2D eigenvalue weighted by Crippen LogP contribution is 2.23. The van der Waals surface area contributed by atoms with E-state index in [1.54, 1.807) is 54.8 Å². The summed E-state index contributed by atoms with van der Waals surface area (Å²) in [5.41, 5.74) is -0.660. The molecular formula is C16H13N3O4S. The van der Waals surface area contributed by atoms with Crippen molar-refractivity contribution in [1.29, 1.82) is 0 Å². The second kappa shape index (κ2) is 6.63. The minimum Gasteiger partial charge on any atom is -0.457 e. The molecule has 3 aromatic rings. The third-order valence-electron chi connectivity index (χ3n) is 3.19. The summed E-state index contributed by atoms with van der Waals surface area (Å²) in [6.07, 6.45) is 2.65. The van der Waals surface area contributed by atoms with Crippen LogP contribution in [0.25, 0.3) is 5.69 Å². The average Bonchev–Trinajstić information content (AvgIpc) is 2.56. The normalized spacial score (nSPS) is 11.9. The van der Waals surface area contributed by atoms with Crippen LogP contribution in [0.4, 0.5) is 0 Å². The zero-order valence-electron chi connectivity index (χ0n) is 12.6. The van der Waals surface area contributed by atoms with Crippen molar-refractivity contribution in [2.75, 3.05) is 6.26 Å². The monoisotopic (exact) mass is 343 g/mol.